The van der Waals surface area contributed by atoms with Gasteiger partial charge in [0.25, 0.3) is 5.91 Å². The minimum Gasteiger partial charge on any atom is -0.466 e. The van der Waals surface area contributed by atoms with Crippen molar-refractivity contribution in [1.29, 1.82) is 0 Å². The zero-order valence-electron chi connectivity index (χ0n) is 15.0. The van der Waals surface area contributed by atoms with E-state index in [2.05, 4.69) is 5.32 Å². The molecule has 138 valence electrons. The molecule has 0 bridgehead atoms. The lowest BCUT2D eigenvalue weighted by molar-refractivity contribution is 0.0658. The molecule has 25 heavy (non-hydrogen) atoms. The summed E-state index contributed by atoms with van der Waals surface area (Å²) >= 11 is 0. The van der Waals surface area contributed by atoms with E-state index in [0.29, 0.717) is 37.5 Å². The van der Waals surface area contributed by atoms with E-state index in [9.17, 15) is 14.7 Å². The van der Waals surface area contributed by atoms with E-state index in [-0.39, 0.29) is 24.1 Å². The van der Waals surface area contributed by atoms with Crippen LogP contribution in [-0.4, -0.2) is 65.2 Å². The van der Waals surface area contributed by atoms with Crippen LogP contribution in [0.5, 0.6) is 0 Å². The molecule has 3 rings (SSSR count). The molecular formula is C18H27N3O4. The van der Waals surface area contributed by atoms with Crippen LogP contribution in [0.25, 0.3) is 0 Å². The Kier molecular flexibility index (Phi) is 5.32. The summed E-state index contributed by atoms with van der Waals surface area (Å²) in [5, 5.41) is 12.6. The number of aliphatic hydroxyl groups is 1. The summed E-state index contributed by atoms with van der Waals surface area (Å²) in [6.45, 7) is 5.74. The van der Waals surface area contributed by atoms with Crippen molar-refractivity contribution in [2.75, 3.05) is 26.2 Å². The largest absolute Gasteiger partial charge is 0.466 e. The maximum atomic E-state index is 12.6. The number of nitrogens with one attached hydrogen (secondary N) is 1. The molecule has 0 atom stereocenters. The average Bonchev–Trinajstić information content (AvgIpc) is 2.94. The number of carbonyl (C=O) groups is 2. The zero-order valence-corrected chi connectivity index (χ0v) is 15.0. The molecule has 1 aromatic rings. The Hall–Kier alpha value is -2.02. The molecule has 2 aliphatic rings. The van der Waals surface area contributed by atoms with Gasteiger partial charge in [0.2, 0.25) is 0 Å². The summed E-state index contributed by atoms with van der Waals surface area (Å²) in [5.41, 5.74) is 0.608. The topological polar surface area (TPSA) is 86.0 Å². The summed E-state index contributed by atoms with van der Waals surface area (Å²) in [4.78, 5) is 28.5. The van der Waals surface area contributed by atoms with E-state index in [0.717, 1.165) is 31.4 Å². The Morgan fingerprint density at radius 2 is 1.68 bits per heavy atom. The van der Waals surface area contributed by atoms with Crippen LogP contribution in [0.1, 0.15) is 47.6 Å². The van der Waals surface area contributed by atoms with E-state index in [1.807, 2.05) is 6.92 Å². The van der Waals surface area contributed by atoms with Gasteiger partial charge in [-0.05, 0) is 45.6 Å². The fourth-order valence-corrected chi connectivity index (χ4v) is 3.61. The summed E-state index contributed by atoms with van der Waals surface area (Å²) < 4.78 is 5.44. The summed E-state index contributed by atoms with van der Waals surface area (Å²) in [6, 6.07) is 1.85. The number of aliphatic hydroxyl groups excluding tert-OH is 1. The second-order valence-electron chi connectivity index (χ2n) is 7.06. The number of urea groups is 1. The fourth-order valence-electron chi connectivity index (χ4n) is 3.61. The van der Waals surface area contributed by atoms with E-state index in [4.69, 9.17) is 4.42 Å². The van der Waals surface area contributed by atoms with E-state index in [1.54, 1.807) is 22.8 Å². The molecule has 1 aromatic heterocycles. The highest BCUT2D eigenvalue weighted by Crippen LogP contribution is 2.19. The molecule has 3 amide bonds. The summed E-state index contributed by atoms with van der Waals surface area (Å²) in [5.74, 6) is 1.34. The summed E-state index contributed by atoms with van der Waals surface area (Å²) in [6.07, 6.45) is 2.92. The van der Waals surface area contributed by atoms with E-state index >= 15 is 0 Å². The maximum Gasteiger partial charge on any atom is 0.317 e. The SMILES string of the molecule is Cc1cc(C(=O)N2CCN(C(=O)NC3CCC(O)CC3)CC2)c(C)o1. The average molecular weight is 349 g/mol. The molecule has 1 saturated carbocycles. The van der Waals surface area contributed by atoms with Crippen molar-refractivity contribution in [3.63, 3.8) is 0 Å². The molecule has 1 aliphatic heterocycles. The molecule has 0 spiro atoms. The van der Waals surface area contributed by atoms with Gasteiger partial charge in [-0.3, -0.25) is 4.79 Å². The number of piperazine rings is 1. The van der Waals surface area contributed by atoms with Crippen molar-refractivity contribution in [3.05, 3.63) is 23.2 Å². The number of aryl methyl sites for hydroxylation is 2. The molecule has 1 saturated heterocycles. The molecule has 2 heterocycles. The minimum absolute atomic E-state index is 0.0318. The molecule has 2 N–H and O–H groups in total. The molecular weight excluding hydrogens is 322 g/mol. The molecule has 0 aromatic carbocycles. The van der Waals surface area contributed by atoms with Crippen molar-refractivity contribution in [2.45, 2.75) is 51.7 Å². The van der Waals surface area contributed by atoms with Gasteiger partial charge >= 0.3 is 6.03 Å². The first-order valence-electron chi connectivity index (χ1n) is 9.04. The third-order valence-electron chi connectivity index (χ3n) is 5.15. The third-order valence-corrected chi connectivity index (χ3v) is 5.15. The molecule has 7 heteroatoms. The Balaban J connectivity index is 1.49. The van der Waals surface area contributed by atoms with Gasteiger partial charge in [-0.15, -0.1) is 0 Å². The summed E-state index contributed by atoms with van der Waals surface area (Å²) in [7, 11) is 0. The Bertz CT molecular complexity index is 626. The quantitative estimate of drug-likeness (QED) is 0.850. The van der Waals surface area contributed by atoms with Crippen molar-refractivity contribution in [2.24, 2.45) is 0 Å². The fraction of sp³-hybridized carbons (Fsp3) is 0.667. The van der Waals surface area contributed by atoms with Crippen LogP contribution < -0.4 is 5.32 Å². The lowest BCUT2D eigenvalue weighted by atomic mass is 9.93. The predicted molar refractivity (Wildman–Crippen MR) is 92.5 cm³/mol. The predicted octanol–water partition coefficient (Wildman–Crippen LogP) is 1.67. The van der Waals surface area contributed by atoms with Crippen LogP contribution in [0.2, 0.25) is 0 Å². The van der Waals surface area contributed by atoms with Gasteiger partial charge in [0.05, 0.1) is 11.7 Å². The van der Waals surface area contributed by atoms with E-state index in [1.165, 1.54) is 0 Å². The van der Waals surface area contributed by atoms with Crippen LogP contribution in [0.4, 0.5) is 4.79 Å². The molecule has 7 nitrogen and oxygen atoms in total. The Morgan fingerprint density at radius 1 is 1.08 bits per heavy atom. The van der Waals surface area contributed by atoms with Crippen LogP contribution in [0.3, 0.4) is 0 Å². The lowest BCUT2D eigenvalue weighted by Crippen LogP contribution is -2.55. The van der Waals surface area contributed by atoms with Crippen molar-refractivity contribution < 1.29 is 19.1 Å². The molecule has 2 fully saturated rings. The van der Waals surface area contributed by atoms with Gasteiger partial charge < -0.3 is 24.6 Å². The number of carbonyl (C=O) groups excluding carboxylic acids is 2. The van der Waals surface area contributed by atoms with Crippen LogP contribution in [0.15, 0.2) is 10.5 Å². The maximum absolute atomic E-state index is 12.6. The minimum atomic E-state index is -0.224. The molecule has 0 unspecified atom stereocenters. The number of hydrogen-bond acceptors (Lipinski definition) is 4. The number of hydrogen-bond donors (Lipinski definition) is 2. The van der Waals surface area contributed by atoms with Crippen molar-refractivity contribution in [3.8, 4) is 0 Å². The smallest absolute Gasteiger partial charge is 0.317 e. The number of nitrogens with zero attached hydrogens (tertiary/aromatic N) is 2. The first-order valence-corrected chi connectivity index (χ1v) is 9.04. The first-order chi connectivity index (χ1) is 11.9. The molecule has 0 radical (unpaired) electrons. The van der Waals surface area contributed by atoms with Gasteiger partial charge in [0.15, 0.2) is 0 Å². The molecule has 1 aliphatic carbocycles. The van der Waals surface area contributed by atoms with Crippen LogP contribution >= 0.6 is 0 Å². The van der Waals surface area contributed by atoms with Gasteiger partial charge in [-0.1, -0.05) is 0 Å². The first kappa shape index (κ1) is 17.8. The number of amides is 3. The van der Waals surface area contributed by atoms with Crippen molar-refractivity contribution in [1.82, 2.24) is 15.1 Å². The second kappa shape index (κ2) is 7.47. The standard InChI is InChI=1S/C18H27N3O4/c1-12-11-16(13(2)25-12)17(23)20-7-9-21(10-8-20)18(24)19-14-3-5-15(22)6-4-14/h11,14-15,22H,3-10H2,1-2H3,(H,19,24). The zero-order chi connectivity index (χ0) is 18.0. The third kappa shape index (κ3) is 4.15. The monoisotopic (exact) mass is 349 g/mol. The number of rotatable bonds is 2. The lowest BCUT2D eigenvalue weighted by Gasteiger charge is -2.36. The van der Waals surface area contributed by atoms with Crippen molar-refractivity contribution >= 4 is 11.9 Å². The van der Waals surface area contributed by atoms with Crippen LogP contribution in [0, 0.1) is 13.8 Å². The van der Waals surface area contributed by atoms with E-state index < -0.39 is 0 Å². The highest BCUT2D eigenvalue weighted by atomic mass is 16.3. The second-order valence-corrected chi connectivity index (χ2v) is 7.06. The van der Waals surface area contributed by atoms with Crippen LogP contribution in [-0.2, 0) is 0 Å². The Morgan fingerprint density at radius 3 is 2.24 bits per heavy atom. The van der Waals surface area contributed by atoms with Gasteiger partial charge in [0.1, 0.15) is 11.5 Å². The van der Waals surface area contributed by atoms with Gasteiger partial charge in [-0.25, -0.2) is 4.79 Å². The number of furan rings is 1. The van der Waals surface area contributed by atoms with Gasteiger partial charge in [0, 0.05) is 32.2 Å². The van der Waals surface area contributed by atoms with Gasteiger partial charge in [-0.2, -0.15) is 0 Å². The Labute approximate surface area is 148 Å². The highest BCUT2D eigenvalue weighted by molar-refractivity contribution is 5.95. The normalized spacial score (nSPS) is 24.3. The highest BCUT2D eigenvalue weighted by Gasteiger charge is 2.28.